The molecule has 0 amide bonds. The Balaban J connectivity index is 1.85. The number of hydrogen-bond acceptors (Lipinski definition) is 7. The summed E-state index contributed by atoms with van der Waals surface area (Å²) in [7, 11) is -2.38. The minimum atomic E-state index is -1.19. The van der Waals surface area contributed by atoms with Gasteiger partial charge in [0, 0.05) is 53.5 Å². The first-order chi connectivity index (χ1) is 18.4. The van der Waals surface area contributed by atoms with Crippen LogP contribution in [0.1, 0.15) is 50.6 Å². The first kappa shape index (κ1) is 32.5. The fourth-order valence-electron chi connectivity index (χ4n) is 4.85. The van der Waals surface area contributed by atoms with E-state index in [1.807, 2.05) is 17.6 Å². The second-order valence-corrected chi connectivity index (χ2v) is 25.6. The second kappa shape index (κ2) is 14.7. The van der Waals surface area contributed by atoms with E-state index >= 15 is 0 Å². The van der Waals surface area contributed by atoms with Crippen LogP contribution >= 0.6 is 22.6 Å². The fraction of sp³-hybridized carbons (Fsp3) is 0.750. The Morgan fingerprint density at radius 1 is 1.08 bits per heavy atom. The molecule has 2 aromatic heterocycles. The molecule has 3 rings (SSSR count). The van der Waals surface area contributed by atoms with Crippen LogP contribution in [0.3, 0.4) is 0 Å². The lowest BCUT2D eigenvalue weighted by molar-refractivity contribution is -0.144. The molecule has 220 valence electrons. The molecule has 2 aromatic rings. The van der Waals surface area contributed by atoms with Gasteiger partial charge in [-0.25, -0.2) is 4.98 Å². The van der Waals surface area contributed by atoms with Crippen LogP contribution in [0.25, 0.3) is 5.65 Å². The van der Waals surface area contributed by atoms with Crippen molar-refractivity contribution in [1.82, 2.24) is 14.6 Å². The molecule has 1 saturated carbocycles. The molecule has 11 heteroatoms. The Bertz CT molecular complexity index is 1050. The topological polar surface area (TPSA) is 78.2 Å². The maximum Gasteiger partial charge on any atom is 0.306 e. The smallest absolute Gasteiger partial charge is 0.306 e. The van der Waals surface area contributed by atoms with Crippen molar-refractivity contribution >= 4 is 56.2 Å². The van der Waals surface area contributed by atoms with Gasteiger partial charge in [0.25, 0.3) is 0 Å². The lowest BCUT2D eigenvalue weighted by Gasteiger charge is -2.30. The third kappa shape index (κ3) is 10.7. The second-order valence-electron chi connectivity index (χ2n) is 13.2. The molecule has 2 unspecified atom stereocenters. The van der Waals surface area contributed by atoms with E-state index in [1.165, 1.54) is 0 Å². The van der Waals surface area contributed by atoms with E-state index in [9.17, 15) is 4.79 Å². The molecule has 2 atom stereocenters. The first-order valence-corrected chi connectivity index (χ1v) is 23.0. The zero-order chi connectivity index (χ0) is 28.6. The van der Waals surface area contributed by atoms with E-state index in [1.54, 1.807) is 0 Å². The third-order valence-corrected chi connectivity index (χ3v) is 11.4. The van der Waals surface area contributed by atoms with E-state index in [0.29, 0.717) is 38.3 Å². The van der Waals surface area contributed by atoms with Crippen molar-refractivity contribution in [3.8, 4) is 0 Å². The molecule has 0 aromatic carbocycles. The van der Waals surface area contributed by atoms with Gasteiger partial charge in [0.2, 0.25) is 0 Å². The largest absolute Gasteiger partial charge is 0.466 e. The number of esters is 1. The number of fused-ring (bicyclic) bond motifs is 1. The van der Waals surface area contributed by atoms with Crippen molar-refractivity contribution < 1.29 is 19.0 Å². The van der Waals surface area contributed by atoms with E-state index in [4.69, 9.17) is 19.2 Å². The summed E-state index contributed by atoms with van der Waals surface area (Å²) in [4.78, 5) is 19.4. The van der Waals surface area contributed by atoms with Crippen molar-refractivity contribution in [3.05, 3.63) is 21.5 Å². The standard InChI is InChI=1S/C28H49IN4O4Si2/c1-8-37-27(34)17-22-10-9-11-23(16-22)25-18-26(33-28(31-25)24(29)19-30-33)32(20-35-12-14-38(2,3)4)21-36-13-15-39(5,6)7/h18-19,22-23H,8-17,20-21H2,1-7H3. The summed E-state index contributed by atoms with van der Waals surface area (Å²) in [6.45, 7) is 18.9. The molecule has 0 bridgehead atoms. The molecule has 0 N–H and O–H groups in total. The average Bonchev–Trinajstić information content (AvgIpc) is 3.22. The molecule has 2 heterocycles. The monoisotopic (exact) mass is 688 g/mol. The van der Waals surface area contributed by atoms with Gasteiger partial charge < -0.3 is 19.1 Å². The van der Waals surface area contributed by atoms with Gasteiger partial charge in [-0.15, -0.1) is 0 Å². The molecule has 39 heavy (non-hydrogen) atoms. The van der Waals surface area contributed by atoms with Gasteiger partial charge in [-0.05, 0) is 66.8 Å². The first-order valence-electron chi connectivity index (χ1n) is 14.5. The molecule has 1 aliphatic carbocycles. The molecular weight excluding hydrogens is 639 g/mol. The highest BCUT2D eigenvalue weighted by Gasteiger charge is 2.28. The zero-order valence-electron chi connectivity index (χ0n) is 25.1. The van der Waals surface area contributed by atoms with Gasteiger partial charge in [-0.1, -0.05) is 45.7 Å². The van der Waals surface area contributed by atoms with Crippen LogP contribution in [-0.4, -0.2) is 70.0 Å². The van der Waals surface area contributed by atoms with Crippen LogP contribution in [0.15, 0.2) is 12.3 Å². The molecule has 0 radical (unpaired) electrons. The third-order valence-electron chi connectivity index (χ3n) is 7.20. The Kier molecular flexibility index (Phi) is 12.3. The van der Waals surface area contributed by atoms with Crippen molar-refractivity contribution in [3.63, 3.8) is 0 Å². The molecular formula is C28H49IN4O4Si2. The summed E-state index contributed by atoms with van der Waals surface area (Å²) in [5.74, 6) is 1.50. The summed E-state index contributed by atoms with van der Waals surface area (Å²) in [5.41, 5.74) is 1.93. The van der Waals surface area contributed by atoms with Gasteiger partial charge in [0.1, 0.15) is 19.3 Å². The fourth-order valence-corrected chi connectivity index (χ4v) is 6.84. The number of anilines is 1. The van der Waals surface area contributed by atoms with Crippen LogP contribution in [0, 0.1) is 9.49 Å². The molecule has 1 aliphatic rings. The highest BCUT2D eigenvalue weighted by Crippen LogP contribution is 2.38. The van der Waals surface area contributed by atoms with Crippen LogP contribution in [0.2, 0.25) is 51.4 Å². The van der Waals surface area contributed by atoms with Gasteiger partial charge in [-0.2, -0.15) is 9.61 Å². The number of rotatable bonds is 15. The van der Waals surface area contributed by atoms with Gasteiger partial charge in [0.15, 0.2) is 5.65 Å². The van der Waals surface area contributed by atoms with E-state index < -0.39 is 16.1 Å². The van der Waals surface area contributed by atoms with Crippen LogP contribution in [0.4, 0.5) is 5.82 Å². The van der Waals surface area contributed by atoms with Crippen molar-refractivity contribution in [2.45, 2.75) is 96.3 Å². The number of nitrogens with zero attached hydrogens (tertiary/aromatic N) is 4. The summed E-state index contributed by atoms with van der Waals surface area (Å²) < 4.78 is 20.6. The van der Waals surface area contributed by atoms with Gasteiger partial charge in [-0.3, -0.25) is 4.79 Å². The quantitative estimate of drug-likeness (QED) is 0.0657. The predicted molar refractivity (Wildman–Crippen MR) is 172 cm³/mol. The predicted octanol–water partition coefficient (Wildman–Crippen LogP) is 6.99. The number of hydrogen-bond donors (Lipinski definition) is 0. The average molecular weight is 689 g/mol. The number of ether oxygens (including phenoxy) is 3. The maximum absolute atomic E-state index is 12.2. The molecule has 0 spiro atoms. The summed E-state index contributed by atoms with van der Waals surface area (Å²) in [5, 5.41) is 4.68. The van der Waals surface area contributed by atoms with Gasteiger partial charge in [0.05, 0.1) is 16.4 Å². The van der Waals surface area contributed by atoms with Gasteiger partial charge >= 0.3 is 5.97 Å². The number of aromatic nitrogens is 3. The van der Waals surface area contributed by atoms with Crippen LogP contribution in [0.5, 0.6) is 0 Å². The SMILES string of the molecule is CCOC(=O)CC1CCCC(c2cc(N(COCC[Si](C)(C)C)COCC[Si](C)(C)C)n3ncc(I)c3n2)C1. The number of carbonyl (C=O) groups excluding carboxylic acids is 1. The normalized spacial score (nSPS) is 18.5. The minimum Gasteiger partial charge on any atom is -0.466 e. The van der Waals surface area contributed by atoms with E-state index in [-0.39, 0.29) is 5.97 Å². The Hall–Kier alpha value is -1.03. The van der Waals surface area contributed by atoms with E-state index in [2.05, 4.69) is 77.9 Å². The minimum absolute atomic E-state index is 0.0882. The highest BCUT2D eigenvalue weighted by atomic mass is 127. The van der Waals surface area contributed by atoms with Crippen LogP contribution < -0.4 is 4.90 Å². The molecule has 0 aliphatic heterocycles. The van der Waals surface area contributed by atoms with Crippen LogP contribution in [-0.2, 0) is 19.0 Å². The zero-order valence-corrected chi connectivity index (χ0v) is 29.3. The number of carbonyl (C=O) groups is 1. The number of halogens is 1. The lowest BCUT2D eigenvalue weighted by atomic mass is 9.78. The van der Waals surface area contributed by atoms with Crippen molar-refractivity contribution in [1.29, 1.82) is 0 Å². The summed E-state index contributed by atoms with van der Waals surface area (Å²) in [6, 6.07) is 4.42. The lowest BCUT2D eigenvalue weighted by Crippen LogP contribution is -2.33. The van der Waals surface area contributed by atoms with E-state index in [0.717, 1.165) is 71.7 Å². The summed E-state index contributed by atoms with van der Waals surface area (Å²) >= 11 is 2.32. The molecule has 0 saturated heterocycles. The van der Waals surface area contributed by atoms with Crippen molar-refractivity contribution in [2.24, 2.45) is 5.92 Å². The Labute approximate surface area is 250 Å². The Morgan fingerprint density at radius 3 is 2.31 bits per heavy atom. The highest BCUT2D eigenvalue weighted by molar-refractivity contribution is 14.1. The maximum atomic E-state index is 12.2. The molecule has 1 fully saturated rings. The van der Waals surface area contributed by atoms with Crippen molar-refractivity contribution in [2.75, 3.05) is 38.2 Å². The molecule has 8 nitrogen and oxygen atoms in total. The Morgan fingerprint density at radius 2 is 1.72 bits per heavy atom. The summed E-state index contributed by atoms with van der Waals surface area (Å²) in [6.07, 6.45) is 6.55.